The number of hydrogen-bond donors (Lipinski definition) is 0. The second kappa shape index (κ2) is 7.04. The number of hydrogen-bond acceptors (Lipinski definition) is 3. The van der Waals surface area contributed by atoms with E-state index >= 15 is 0 Å². The number of thiophene rings is 1. The standard InChI is InChI=1S/C18H26N2O2S/c1-3-14-12-16(23-13(14)2)18(22)20-10-6-15(7-11-20)17(21)19-8-4-5-9-19/h12,15H,3-11H2,1-2H3. The molecule has 4 nitrogen and oxygen atoms in total. The van der Waals surface area contributed by atoms with Crippen LogP contribution in [0.4, 0.5) is 0 Å². The van der Waals surface area contributed by atoms with Gasteiger partial charge in [-0.2, -0.15) is 0 Å². The quantitative estimate of drug-likeness (QED) is 0.852. The summed E-state index contributed by atoms with van der Waals surface area (Å²) in [7, 11) is 0. The van der Waals surface area contributed by atoms with Gasteiger partial charge in [0.05, 0.1) is 4.88 Å². The lowest BCUT2D eigenvalue weighted by Crippen LogP contribution is -2.43. The van der Waals surface area contributed by atoms with Crippen molar-refractivity contribution in [2.75, 3.05) is 26.2 Å². The van der Waals surface area contributed by atoms with E-state index in [1.807, 2.05) is 15.9 Å². The van der Waals surface area contributed by atoms with Gasteiger partial charge in [-0.05, 0) is 50.7 Å². The van der Waals surface area contributed by atoms with Crippen LogP contribution in [0.25, 0.3) is 0 Å². The topological polar surface area (TPSA) is 40.6 Å². The van der Waals surface area contributed by atoms with Crippen LogP contribution in [0.5, 0.6) is 0 Å². The number of likely N-dealkylation sites (tertiary alicyclic amines) is 2. The number of piperidine rings is 1. The average molecular weight is 334 g/mol. The van der Waals surface area contributed by atoms with Crippen LogP contribution in [-0.2, 0) is 11.2 Å². The molecule has 0 atom stereocenters. The first-order valence-electron chi connectivity index (χ1n) is 8.77. The molecule has 1 aromatic rings. The van der Waals surface area contributed by atoms with E-state index in [4.69, 9.17) is 0 Å². The van der Waals surface area contributed by atoms with Gasteiger partial charge >= 0.3 is 0 Å². The van der Waals surface area contributed by atoms with Gasteiger partial charge in [0.1, 0.15) is 0 Å². The normalized spacial score (nSPS) is 19.4. The van der Waals surface area contributed by atoms with Gasteiger partial charge in [0, 0.05) is 37.0 Å². The zero-order valence-corrected chi connectivity index (χ0v) is 15.0. The van der Waals surface area contributed by atoms with E-state index < -0.39 is 0 Å². The summed E-state index contributed by atoms with van der Waals surface area (Å²) >= 11 is 1.60. The van der Waals surface area contributed by atoms with Crippen LogP contribution in [-0.4, -0.2) is 47.8 Å². The first kappa shape index (κ1) is 16.5. The Morgan fingerprint density at radius 3 is 2.35 bits per heavy atom. The van der Waals surface area contributed by atoms with Crippen LogP contribution >= 0.6 is 11.3 Å². The Bertz CT molecular complexity index is 582. The third-order valence-corrected chi connectivity index (χ3v) is 6.24. The molecule has 2 saturated heterocycles. The summed E-state index contributed by atoms with van der Waals surface area (Å²) in [5.41, 5.74) is 1.28. The fourth-order valence-corrected chi connectivity index (χ4v) is 4.74. The van der Waals surface area contributed by atoms with E-state index in [9.17, 15) is 9.59 Å². The van der Waals surface area contributed by atoms with E-state index in [0.29, 0.717) is 19.0 Å². The molecule has 0 aromatic carbocycles. The predicted molar refractivity (Wildman–Crippen MR) is 92.9 cm³/mol. The van der Waals surface area contributed by atoms with Crippen molar-refractivity contribution >= 4 is 23.2 Å². The number of carbonyl (C=O) groups is 2. The monoisotopic (exact) mass is 334 g/mol. The Hall–Kier alpha value is -1.36. The molecule has 0 aliphatic carbocycles. The molecule has 0 bridgehead atoms. The Balaban J connectivity index is 1.57. The third kappa shape index (κ3) is 3.44. The van der Waals surface area contributed by atoms with Crippen molar-refractivity contribution in [2.45, 2.75) is 46.0 Å². The highest BCUT2D eigenvalue weighted by molar-refractivity contribution is 7.14. The number of rotatable bonds is 3. The summed E-state index contributed by atoms with van der Waals surface area (Å²) in [6, 6.07) is 2.05. The van der Waals surface area contributed by atoms with Gasteiger partial charge in [0.25, 0.3) is 5.91 Å². The predicted octanol–water partition coefficient (Wildman–Crippen LogP) is 3.09. The summed E-state index contributed by atoms with van der Waals surface area (Å²) < 4.78 is 0. The fourth-order valence-electron chi connectivity index (χ4n) is 3.66. The highest BCUT2D eigenvalue weighted by Crippen LogP contribution is 2.27. The van der Waals surface area contributed by atoms with E-state index in [-0.39, 0.29) is 11.8 Å². The molecule has 1 aromatic heterocycles. The highest BCUT2D eigenvalue weighted by Gasteiger charge is 2.31. The SMILES string of the molecule is CCc1cc(C(=O)N2CCC(C(=O)N3CCCC3)CC2)sc1C. The lowest BCUT2D eigenvalue weighted by Gasteiger charge is -2.33. The molecule has 2 amide bonds. The molecular formula is C18H26N2O2S. The van der Waals surface area contributed by atoms with Crippen molar-refractivity contribution in [2.24, 2.45) is 5.92 Å². The van der Waals surface area contributed by atoms with Crippen molar-refractivity contribution in [3.8, 4) is 0 Å². The van der Waals surface area contributed by atoms with Crippen LogP contribution in [0, 0.1) is 12.8 Å². The zero-order valence-electron chi connectivity index (χ0n) is 14.1. The molecule has 0 radical (unpaired) electrons. The molecule has 2 aliphatic heterocycles. The number of amides is 2. The Morgan fingerprint density at radius 1 is 1.13 bits per heavy atom. The Labute approximate surface area is 142 Å². The van der Waals surface area contributed by atoms with Gasteiger partial charge in [0.2, 0.25) is 5.91 Å². The van der Waals surface area contributed by atoms with Crippen LogP contribution < -0.4 is 0 Å². The molecule has 0 spiro atoms. The van der Waals surface area contributed by atoms with E-state index in [1.165, 1.54) is 10.4 Å². The molecule has 0 N–H and O–H groups in total. The molecule has 2 fully saturated rings. The summed E-state index contributed by atoms with van der Waals surface area (Å²) in [5, 5.41) is 0. The largest absolute Gasteiger partial charge is 0.342 e. The molecule has 3 rings (SSSR count). The third-order valence-electron chi connectivity index (χ3n) is 5.16. The maximum atomic E-state index is 12.7. The minimum atomic E-state index is 0.119. The molecule has 3 heterocycles. The number of nitrogens with zero attached hydrogens (tertiary/aromatic N) is 2. The first-order valence-corrected chi connectivity index (χ1v) is 9.59. The van der Waals surface area contributed by atoms with Crippen molar-refractivity contribution in [1.82, 2.24) is 9.80 Å². The number of carbonyl (C=O) groups excluding carboxylic acids is 2. The van der Waals surface area contributed by atoms with Gasteiger partial charge in [-0.3, -0.25) is 9.59 Å². The molecule has 0 saturated carbocycles. The minimum Gasteiger partial charge on any atom is -0.342 e. The minimum absolute atomic E-state index is 0.119. The lowest BCUT2D eigenvalue weighted by atomic mass is 9.95. The Kier molecular flexibility index (Phi) is 5.05. The molecule has 2 aliphatic rings. The molecule has 126 valence electrons. The second-order valence-electron chi connectivity index (χ2n) is 6.64. The molecule has 5 heteroatoms. The van der Waals surface area contributed by atoms with Crippen LogP contribution in [0.1, 0.15) is 52.7 Å². The van der Waals surface area contributed by atoms with Crippen LogP contribution in [0.2, 0.25) is 0 Å². The van der Waals surface area contributed by atoms with Crippen LogP contribution in [0.3, 0.4) is 0 Å². The van der Waals surface area contributed by atoms with Gasteiger partial charge in [0.15, 0.2) is 0 Å². The van der Waals surface area contributed by atoms with Gasteiger partial charge < -0.3 is 9.80 Å². The van der Waals surface area contributed by atoms with Crippen molar-refractivity contribution in [3.05, 3.63) is 21.4 Å². The van der Waals surface area contributed by atoms with E-state index in [2.05, 4.69) is 13.8 Å². The summed E-state index contributed by atoms with van der Waals surface area (Å²) in [5.74, 6) is 0.577. The maximum Gasteiger partial charge on any atom is 0.263 e. The second-order valence-corrected chi connectivity index (χ2v) is 7.90. The molecular weight excluding hydrogens is 308 g/mol. The van der Waals surface area contributed by atoms with Gasteiger partial charge in [-0.15, -0.1) is 11.3 Å². The zero-order chi connectivity index (χ0) is 16.4. The van der Waals surface area contributed by atoms with Crippen molar-refractivity contribution in [3.63, 3.8) is 0 Å². The summed E-state index contributed by atoms with van der Waals surface area (Å²) in [6.07, 6.45) is 4.88. The van der Waals surface area contributed by atoms with Crippen molar-refractivity contribution in [1.29, 1.82) is 0 Å². The van der Waals surface area contributed by atoms with Crippen LogP contribution in [0.15, 0.2) is 6.07 Å². The first-order chi connectivity index (χ1) is 11.1. The summed E-state index contributed by atoms with van der Waals surface area (Å²) in [6.45, 7) is 7.47. The van der Waals surface area contributed by atoms with Gasteiger partial charge in [-0.25, -0.2) is 0 Å². The Morgan fingerprint density at radius 2 is 1.78 bits per heavy atom. The van der Waals surface area contributed by atoms with E-state index in [1.54, 1.807) is 11.3 Å². The van der Waals surface area contributed by atoms with Gasteiger partial charge in [-0.1, -0.05) is 6.92 Å². The average Bonchev–Trinajstić information content (AvgIpc) is 3.23. The highest BCUT2D eigenvalue weighted by atomic mass is 32.1. The summed E-state index contributed by atoms with van der Waals surface area (Å²) in [4.78, 5) is 31.2. The maximum absolute atomic E-state index is 12.7. The smallest absolute Gasteiger partial charge is 0.263 e. The lowest BCUT2D eigenvalue weighted by molar-refractivity contribution is -0.135. The number of aryl methyl sites for hydroxylation is 2. The van der Waals surface area contributed by atoms with E-state index in [0.717, 1.165) is 50.1 Å². The van der Waals surface area contributed by atoms with Crippen molar-refractivity contribution < 1.29 is 9.59 Å². The molecule has 0 unspecified atom stereocenters. The molecule has 23 heavy (non-hydrogen) atoms. The fraction of sp³-hybridized carbons (Fsp3) is 0.667.